The highest BCUT2D eigenvalue weighted by atomic mass is 16.5. The average molecular weight is 335 g/mol. The van der Waals surface area contributed by atoms with Crippen LogP contribution >= 0.6 is 0 Å². The molecule has 0 saturated heterocycles. The molecular weight excluding hydrogens is 314 g/mol. The Morgan fingerprint density at radius 1 is 1.04 bits per heavy atom. The van der Waals surface area contributed by atoms with Crippen molar-refractivity contribution in [1.29, 1.82) is 0 Å². The van der Waals surface area contributed by atoms with Crippen LogP contribution in [-0.4, -0.2) is 33.5 Å². The van der Waals surface area contributed by atoms with Gasteiger partial charge in [0.2, 0.25) is 5.91 Å². The Hall–Kier alpha value is -3.08. The molecular formula is C20H21N3O2. The minimum Gasteiger partial charge on any atom is -0.492 e. The van der Waals surface area contributed by atoms with Gasteiger partial charge in [0.1, 0.15) is 18.9 Å². The van der Waals surface area contributed by atoms with Gasteiger partial charge in [-0.25, -0.2) is 4.98 Å². The summed E-state index contributed by atoms with van der Waals surface area (Å²) >= 11 is 0. The molecule has 0 bridgehead atoms. The molecule has 1 aromatic heterocycles. The molecule has 0 aliphatic rings. The standard InChI is InChI=1S/C20H21N3O2/c24-20(16-22-12-11-21-17-22)23(15-18-7-3-1-4-8-18)13-14-25-19-9-5-2-6-10-19/h1-12,17H,13-16H2. The van der Waals surface area contributed by atoms with Crippen LogP contribution in [0.5, 0.6) is 5.75 Å². The third-order valence-corrected chi connectivity index (χ3v) is 3.82. The Labute approximate surface area is 147 Å². The van der Waals surface area contributed by atoms with Gasteiger partial charge in [0.15, 0.2) is 0 Å². The van der Waals surface area contributed by atoms with E-state index in [0.717, 1.165) is 11.3 Å². The molecule has 128 valence electrons. The average Bonchev–Trinajstić information content (AvgIpc) is 3.15. The van der Waals surface area contributed by atoms with E-state index >= 15 is 0 Å². The number of benzene rings is 2. The second kappa shape index (κ2) is 8.68. The zero-order chi connectivity index (χ0) is 17.3. The van der Waals surface area contributed by atoms with E-state index in [9.17, 15) is 4.79 Å². The fourth-order valence-electron chi connectivity index (χ4n) is 2.52. The molecule has 0 aliphatic carbocycles. The fourth-order valence-corrected chi connectivity index (χ4v) is 2.52. The molecule has 3 rings (SSSR count). The number of rotatable bonds is 8. The number of amides is 1. The second-order valence-electron chi connectivity index (χ2n) is 5.70. The highest BCUT2D eigenvalue weighted by Gasteiger charge is 2.14. The molecule has 0 atom stereocenters. The number of hydrogen-bond acceptors (Lipinski definition) is 3. The van der Waals surface area contributed by atoms with Crippen LogP contribution in [0, 0.1) is 0 Å². The van der Waals surface area contributed by atoms with Gasteiger partial charge in [-0.3, -0.25) is 4.79 Å². The maximum Gasteiger partial charge on any atom is 0.242 e. The van der Waals surface area contributed by atoms with Crippen molar-refractivity contribution < 1.29 is 9.53 Å². The Kier molecular flexibility index (Phi) is 5.82. The smallest absolute Gasteiger partial charge is 0.242 e. The zero-order valence-corrected chi connectivity index (χ0v) is 14.0. The summed E-state index contributed by atoms with van der Waals surface area (Å²) in [6, 6.07) is 19.6. The molecule has 0 aliphatic heterocycles. The molecule has 3 aromatic rings. The second-order valence-corrected chi connectivity index (χ2v) is 5.70. The number of hydrogen-bond donors (Lipinski definition) is 0. The van der Waals surface area contributed by atoms with Crippen molar-refractivity contribution >= 4 is 5.91 Å². The summed E-state index contributed by atoms with van der Waals surface area (Å²) in [6.45, 7) is 1.81. The lowest BCUT2D eigenvalue weighted by Crippen LogP contribution is -2.36. The van der Waals surface area contributed by atoms with Crippen molar-refractivity contribution in [3.63, 3.8) is 0 Å². The van der Waals surface area contributed by atoms with Gasteiger partial charge < -0.3 is 14.2 Å². The summed E-state index contributed by atoms with van der Waals surface area (Å²) in [5, 5.41) is 0. The highest BCUT2D eigenvalue weighted by molar-refractivity contribution is 5.76. The van der Waals surface area contributed by atoms with E-state index < -0.39 is 0 Å². The van der Waals surface area contributed by atoms with Gasteiger partial charge in [-0.2, -0.15) is 0 Å². The highest BCUT2D eigenvalue weighted by Crippen LogP contribution is 2.10. The van der Waals surface area contributed by atoms with Crippen molar-refractivity contribution in [3.8, 4) is 5.75 Å². The lowest BCUT2D eigenvalue weighted by molar-refractivity contribution is -0.132. The van der Waals surface area contributed by atoms with Crippen molar-refractivity contribution in [2.24, 2.45) is 0 Å². The summed E-state index contributed by atoms with van der Waals surface area (Å²) < 4.78 is 7.52. The Morgan fingerprint density at radius 2 is 1.76 bits per heavy atom. The summed E-state index contributed by atoms with van der Waals surface area (Å²) in [4.78, 5) is 18.5. The predicted molar refractivity (Wildman–Crippen MR) is 96.0 cm³/mol. The minimum absolute atomic E-state index is 0.0403. The van der Waals surface area contributed by atoms with E-state index in [1.807, 2.05) is 65.6 Å². The van der Waals surface area contributed by atoms with E-state index in [1.165, 1.54) is 0 Å². The summed E-state index contributed by atoms with van der Waals surface area (Å²) in [5.41, 5.74) is 1.10. The molecule has 0 radical (unpaired) electrons. The van der Waals surface area contributed by atoms with E-state index in [0.29, 0.717) is 19.7 Å². The van der Waals surface area contributed by atoms with E-state index in [4.69, 9.17) is 4.74 Å². The number of imidazole rings is 1. The Morgan fingerprint density at radius 3 is 2.44 bits per heavy atom. The number of carbonyl (C=O) groups excluding carboxylic acids is 1. The lowest BCUT2D eigenvalue weighted by Gasteiger charge is -2.23. The number of para-hydroxylation sites is 1. The van der Waals surface area contributed by atoms with Gasteiger partial charge in [0, 0.05) is 18.9 Å². The van der Waals surface area contributed by atoms with Crippen LogP contribution in [0.4, 0.5) is 0 Å². The van der Waals surface area contributed by atoms with Crippen LogP contribution in [0.1, 0.15) is 5.56 Å². The van der Waals surface area contributed by atoms with Crippen LogP contribution in [0.3, 0.4) is 0 Å². The Bertz CT molecular complexity index is 758. The Balaban J connectivity index is 1.62. The first-order chi connectivity index (χ1) is 12.3. The van der Waals surface area contributed by atoms with Gasteiger partial charge in [-0.1, -0.05) is 48.5 Å². The molecule has 5 heteroatoms. The monoisotopic (exact) mass is 335 g/mol. The largest absolute Gasteiger partial charge is 0.492 e. The number of carbonyl (C=O) groups is 1. The number of nitrogens with zero attached hydrogens (tertiary/aromatic N) is 3. The first-order valence-electron chi connectivity index (χ1n) is 8.26. The molecule has 5 nitrogen and oxygen atoms in total. The predicted octanol–water partition coefficient (Wildman–Crippen LogP) is 2.99. The molecule has 0 saturated carbocycles. The van der Waals surface area contributed by atoms with Crippen LogP contribution < -0.4 is 4.74 Å². The third-order valence-electron chi connectivity index (χ3n) is 3.82. The van der Waals surface area contributed by atoms with Crippen LogP contribution in [0.15, 0.2) is 79.4 Å². The number of ether oxygens (including phenoxy) is 1. The molecule has 2 aromatic carbocycles. The third kappa shape index (κ3) is 5.21. The molecule has 0 fully saturated rings. The van der Waals surface area contributed by atoms with Crippen molar-refractivity contribution in [2.75, 3.05) is 13.2 Å². The van der Waals surface area contributed by atoms with Gasteiger partial charge in [0.25, 0.3) is 0 Å². The van der Waals surface area contributed by atoms with Crippen molar-refractivity contribution in [2.45, 2.75) is 13.1 Å². The fraction of sp³-hybridized carbons (Fsp3) is 0.200. The van der Waals surface area contributed by atoms with Crippen LogP contribution in [0.2, 0.25) is 0 Å². The molecule has 25 heavy (non-hydrogen) atoms. The van der Waals surface area contributed by atoms with Crippen LogP contribution in [0.25, 0.3) is 0 Å². The van der Waals surface area contributed by atoms with Gasteiger partial charge in [-0.05, 0) is 17.7 Å². The zero-order valence-electron chi connectivity index (χ0n) is 14.0. The molecule has 0 N–H and O–H groups in total. The first kappa shape index (κ1) is 16.8. The van der Waals surface area contributed by atoms with E-state index in [2.05, 4.69) is 4.98 Å². The van der Waals surface area contributed by atoms with Crippen molar-refractivity contribution in [3.05, 3.63) is 84.9 Å². The SMILES string of the molecule is O=C(Cn1ccnc1)N(CCOc1ccccc1)Cc1ccccc1. The topological polar surface area (TPSA) is 47.4 Å². The van der Waals surface area contributed by atoms with E-state index in [1.54, 1.807) is 23.3 Å². The normalized spacial score (nSPS) is 10.4. The maximum atomic E-state index is 12.7. The molecule has 0 unspecified atom stereocenters. The molecule has 1 heterocycles. The lowest BCUT2D eigenvalue weighted by atomic mass is 10.2. The summed E-state index contributed by atoms with van der Waals surface area (Å²) in [7, 11) is 0. The maximum absolute atomic E-state index is 12.7. The van der Waals surface area contributed by atoms with Gasteiger partial charge in [-0.15, -0.1) is 0 Å². The van der Waals surface area contributed by atoms with Gasteiger partial charge >= 0.3 is 0 Å². The summed E-state index contributed by atoms with van der Waals surface area (Å²) in [5.74, 6) is 0.850. The molecule has 0 spiro atoms. The van der Waals surface area contributed by atoms with Crippen molar-refractivity contribution in [1.82, 2.24) is 14.5 Å². The molecule has 1 amide bonds. The first-order valence-corrected chi connectivity index (χ1v) is 8.26. The van der Waals surface area contributed by atoms with Crippen LogP contribution in [-0.2, 0) is 17.9 Å². The van der Waals surface area contributed by atoms with E-state index in [-0.39, 0.29) is 12.5 Å². The van der Waals surface area contributed by atoms with Gasteiger partial charge in [0.05, 0.1) is 12.9 Å². The minimum atomic E-state index is 0.0403. The quantitative estimate of drug-likeness (QED) is 0.636. The number of aromatic nitrogens is 2. The summed E-state index contributed by atoms with van der Waals surface area (Å²) in [6.07, 6.45) is 5.12.